The van der Waals surface area contributed by atoms with Crippen LogP contribution in [0.3, 0.4) is 0 Å². The molecule has 108 valence electrons. The van der Waals surface area contributed by atoms with E-state index in [-0.39, 0.29) is 12.1 Å². The van der Waals surface area contributed by atoms with Gasteiger partial charge in [0.05, 0.1) is 13.2 Å². The number of aliphatic hydroxyl groups excluding tert-OH is 1. The van der Waals surface area contributed by atoms with Crippen molar-refractivity contribution in [2.45, 2.75) is 32.9 Å². The van der Waals surface area contributed by atoms with Gasteiger partial charge in [0.25, 0.3) is 5.89 Å². The molecular formula is C15H21N3O2. The molecule has 5 heteroatoms. The van der Waals surface area contributed by atoms with Gasteiger partial charge in [0.1, 0.15) is 0 Å². The van der Waals surface area contributed by atoms with E-state index in [4.69, 9.17) is 4.52 Å². The first-order valence-corrected chi connectivity index (χ1v) is 6.64. The van der Waals surface area contributed by atoms with Crippen molar-refractivity contribution in [2.24, 2.45) is 0 Å². The SMILES string of the molecule is Cc1cccc(-c2nc(CN(C)C(C)(C)CO)no2)c1. The van der Waals surface area contributed by atoms with Gasteiger partial charge in [-0.15, -0.1) is 0 Å². The Morgan fingerprint density at radius 2 is 2.10 bits per heavy atom. The summed E-state index contributed by atoms with van der Waals surface area (Å²) in [5.41, 5.74) is 1.76. The van der Waals surface area contributed by atoms with Crippen LogP contribution >= 0.6 is 0 Å². The molecule has 1 aromatic heterocycles. The molecule has 0 fully saturated rings. The van der Waals surface area contributed by atoms with Gasteiger partial charge in [0.2, 0.25) is 0 Å². The highest BCUT2D eigenvalue weighted by atomic mass is 16.5. The van der Waals surface area contributed by atoms with E-state index in [1.165, 1.54) is 0 Å². The highest BCUT2D eigenvalue weighted by Crippen LogP contribution is 2.19. The second-order valence-electron chi connectivity index (χ2n) is 5.71. The van der Waals surface area contributed by atoms with Gasteiger partial charge >= 0.3 is 0 Å². The van der Waals surface area contributed by atoms with E-state index in [1.54, 1.807) is 0 Å². The highest BCUT2D eigenvalue weighted by Gasteiger charge is 2.24. The third-order valence-electron chi connectivity index (χ3n) is 3.53. The Labute approximate surface area is 119 Å². The maximum absolute atomic E-state index is 9.35. The summed E-state index contributed by atoms with van der Waals surface area (Å²) in [5.74, 6) is 1.14. The van der Waals surface area contributed by atoms with Gasteiger partial charge in [-0.25, -0.2) is 0 Å². The molecule has 5 nitrogen and oxygen atoms in total. The van der Waals surface area contributed by atoms with Crippen molar-refractivity contribution in [1.29, 1.82) is 0 Å². The summed E-state index contributed by atoms with van der Waals surface area (Å²) in [6.45, 7) is 6.57. The third-order valence-corrected chi connectivity index (χ3v) is 3.53. The Hall–Kier alpha value is -1.72. The van der Waals surface area contributed by atoms with Crippen molar-refractivity contribution in [3.63, 3.8) is 0 Å². The Balaban J connectivity index is 2.14. The molecule has 0 aliphatic heterocycles. The number of benzene rings is 1. The Bertz CT molecular complexity index is 578. The molecule has 0 atom stereocenters. The zero-order valence-corrected chi connectivity index (χ0v) is 12.4. The van der Waals surface area contributed by atoms with Crippen LogP contribution in [0.1, 0.15) is 25.2 Å². The molecule has 0 saturated carbocycles. The molecule has 1 N–H and O–H groups in total. The van der Waals surface area contributed by atoms with Crippen molar-refractivity contribution in [3.05, 3.63) is 35.7 Å². The number of aryl methyl sites for hydroxylation is 1. The largest absolute Gasteiger partial charge is 0.394 e. The highest BCUT2D eigenvalue weighted by molar-refractivity contribution is 5.53. The number of aliphatic hydroxyl groups is 1. The number of nitrogens with zero attached hydrogens (tertiary/aromatic N) is 3. The van der Waals surface area contributed by atoms with Crippen LogP contribution in [-0.4, -0.2) is 39.3 Å². The molecule has 0 amide bonds. The van der Waals surface area contributed by atoms with Crippen molar-refractivity contribution < 1.29 is 9.63 Å². The van der Waals surface area contributed by atoms with Gasteiger partial charge < -0.3 is 9.63 Å². The summed E-state index contributed by atoms with van der Waals surface area (Å²) in [7, 11) is 1.93. The first kappa shape index (κ1) is 14.7. The minimum atomic E-state index is -0.315. The van der Waals surface area contributed by atoms with Crippen molar-refractivity contribution in [3.8, 4) is 11.5 Å². The molecule has 0 radical (unpaired) electrons. The fourth-order valence-electron chi connectivity index (χ4n) is 1.76. The quantitative estimate of drug-likeness (QED) is 0.906. The van der Waals surface area contributed by atoms with Crippen LogP contribution in [0.15, 0.2) is 28.8 Å². The minimum absolute atomic E-state index is 0.0755. The number of hydrogen-bond acceptors (Lipinski definition) is 5. The molecular weight excluding hydrogens is 254 g/mol. The van der Waals surface area contributed by atoms with Gasteiger partial charge in [-0.3, -0.25) is 4.90 Å². The maximum Gasteiger partial charge on any atom is 0.257 e. The van der Waals surface area contributed by atoms with Crippen molar-refractivity contribution in [2.75, 3.05) is 13.7 Å². The van der Waals surface area contributed by atoms with E-state index in [0.29, 0.717) is 18.3 Å². The smallest absolute Gasteiger partial charge is 0.257 e. The lowest BCUT2D eigenvalue weighted by Crippen LogP contribution is -2.43. The Kier molecular flexibility index (Phi) is 4.20. The van der Waals surface area contributed by atoms with E-state index in [2.05, 4.69) is 10.1 Å². The van der Waals surface area contributed by atoms with E-state index < -0.39 is 0 Å². The minimum Gasteiger partial charge on any atom is -0.394 e. The summed E-state index contributed by atoms with van der Waals surface area (Å²) in [6, 6.07) is 7.96. The van der Waals surface area contributed by atoms with Crippen LogP contribution in [0.25, 0.3) is 11.5 Å². The number of aromatic nitrogens is 2. The maximum atomic E-state index is 9.35. The van der Waals surface area contributed by atoms with Crippen LogP contribution in [0.4, 0.5) is 0 Å². The van der Waals surface area contributed by atoms with Gasteiger partial charge in [-0.2, -0.15) is 4.98 Å². The van der Waals surface area contributed by atoms with E-state index in [9.17, 15) is 5.11 Å². The predicted molar refractivity (Wildman–Crippen MR) is 77.1 cm³/mol. The lowest BCUT2D eigenvalue weighted by Gasteiger charge is -2.32. The first-order chi connectivity index (χ1) is 9.42. The normalized spacial score (nSPS) is 12.1. The fraction of sp³-hybridized carbons (Fsp3) is 0.467. The van der Waals surface area contributed by atoms with E-state index >= 15 is 0 Å². The molecule has 1 heterocycles. The molecule has 1 aromatic carbocycles. The van der Waals surface area contributed by atoms with Crippen molar-refractivity contribution >= 4 is 0 Å². The molecule has 0 unspecified atom stereocenters. The van der Waals surface area contributed by atoms with Crippen LogP contribution < -0.4 is 0 Å². The summed E-state index contributed by atoms with van der Waals surface area (Å²) in [4.78, 5) is 6.41. The summed E-state index contributed by atoms with van der Waals surface area (Å²) >= 11 is 0. The topological polar surface area (TPSA) is 62.4 Å². The lowest BCUT2D eigenvalue weighted by atomic mass is 10.1. The average Bonchev–Trinajstić information content (AvgIpc) is 2.87. The molecule has 0 spiro atoms. The number of likely N-dealkylation sites (N-methyl/N-ethyl adjacent to an activating group) is 1. The molecule has 2 rings (SSSR count). The van der Waals surface area contributed by atoms with E-state index in [0.717, 1.165) is 11.1 Å². The third kappa shape index (κ3) is 3.23. The molecule has 0 aliphatic rings. The van der Waals surface area contributed by atoms with Crippen LogP contribution in [0.2, 0.25) is 0 Å². The van der Waals surface area contributed by atoms with Crippen LogP contribution in [0.5, 0.6) is 0 Å². The van der Waals surface area contributed by atoms with Gasteiger partial charge in [-0.1, -0.05) is 22.9 Å². The second kappa shape index (κ2) is 5.73. The van der Waals surface area contributed by atoms with Crippen LogP contribution in [0, 0.1) is 6.92 Å². The summed E-state index contributed by atoms with van der Waals surface area (Å²) < 4.78 is 5.30. The molecule has 20 heavy (non-hydrogen) atoms. The fourth-order valence-corrected chi connectivity index (χ4v) is 1.76. The molecule has 0 aliphatic carbocycles. The van der Waals surface area contributed by atoms with Gasteiger partial charge in [0, 0.05) is 11.1 Å². The number of rotatable bonds is 5. The Morgan fingerprint density at radius 1 is 1.35 bits per heavy atom. The standard InChI is InChI=1S/C15H21N3O2/c1-11-6-5-7-12(8-11)14-16-13(17-20-14)9-18(4)15(2,3)10-19/h5-8,19H,9-10H2,1-4H3. The summed E-state index contributed by atoms with van der Waals surface area (Å²) in [5, 5.41) is 13.4. The zero-order valence-electron chi connectivity index (χ0n) is 12.4. The molecule has 0 bridgehead atoms. The summed E-state index contributed by atoms with van der Waals surface area (Å²) in [6.07, 6.45) is 0. The molecule has 0 saturated heterocycles. The molecule has 2 aromatic rings. The zero-order chi connectivity index (χ0) is 14.8. The number of hydrogen-bond donors (Lipinski definition) is 1. The predicted octanol–water partition coefficient (Wildman–Crippen LogP) is 2.25. The lowest BCUT2D eigenvalue weighted by molar-refractivity contribution is 0.0708. The van der Waals surface area contributed by atoms with Gasteiger partial charge in [0.15, 0.2) is 5.82 Å². The monoisotopic (exact) mass is 275 g/mol. The van der Waals surface area contributed by atoms with Crippen LogP contribution in [-0.2, 0) is 6.54 Å². The average molecular weight is 275 g/mol. The second-order valence-corrected chi connectivity index (χ2v) is 5.71. The first-order valence-electron chi connectivity index (χ1n) is 6.64. The van der Waals surface area contributed by atoms with Crippen molar-refractivity contribution in [1.82, 2.24) is 15.0 Å². The Morgan fingerprint density at radius 3 is 2.75 bits per heavy atom. The van der Waals surface area contributed by atoms with Gasteiger partial charge in [-0.05, 0) is 40.0 Å². The van der Waals surface area contributed by atoms with E-state index in [1.807, 2.05) is 57.0 Å².